The van der Waals surface area contributed by atoms with Crippen molar-refractivity contribution in [1.29, 1.82) is 0 Å². The minimum Gasteiger partial charge on any atom is -0.497 e. The fourth-order valence-corrected chi connectivity index (χ4v) is 3.33. The number of hydrazine groups is 1. The molecule has 4 nitrogen and oxygen atoms in total. The Morgan fingerprint density at radius 3 is 1.95 bits per heavy atom. The fourth-order valence-electron chi connectivity index (χ4n) is 3.33. The van der Waals surface area contributed by atoms with E-state index in [1.807, 2.05) is 6.07 Å². The summed E-state index contributed by atoms with van der Waals surface area (Å²) in [7, 11) is 3.36. The molecule has 1 unspecified atom stereocenters. The molecule has 1 atom stereocenters. The molecule has 2 rings (SSSR count). The second-order valence-electron chi connectivity index (χ2n) is 5.90. The van der Waals surface area contributed by atoms with Crippen molar-refractivity contribution in [2.24, 2.45) is 11.8 Å². The summed E-state index contributed by atoms with van der Waals surface area (Å²) >= 11 is 0. The van der Waals surface area contributed by atoms with Crippen LogP contribution in [-0.2, 0) is 0 Å². The van der Waals surface area contributed by atoms with Crippen LogP contribution in [0, 0.1) is 5.92 Å². The van der Waals surface area contributed by atoms with Crippen LogP contribution in [-0.4, -0.2) is 14.2 Å². The predicted octanol–water partition coefficient (Wildman–Crippen LogP) is 3.57. The van der Waals surface area contributed by atoms with Crippen molar-refractivity contribution in [2.75, 3.05) is 14.2 Å². The van der Waals surface area contributed by atoms with Crippen molar-refractivity contribution in [3.05, 3.63) is 23.8 Å². The zero-order valence-corrected chi connectivity index (χ0v) is 13.2. The number of nitrogens with one attached hydrogen (secondary N) is 1. The van der Waals surface area contributed by atoms with E-state index in [2.05, 4.69) is 17.6 Å². The number of hydrogen-bond donors (Lipinski definition) is 2. The van der Waals surface area contributed by atoms with E-state index in [-0.39, 0.29) is 6.04 Å². The first-order valence-electron chi connectivity index (χ1n) is 7.97. The zero-order valence-electron chi connectivity index (χ0n) is 13.2. The molecular formula is C17H28N2O2. The predicted molar refractivity (Wildman–Crippen MR) is 85.4 cm³/mol. The van der Waals surface area contributed by atoms with Crippen molar-refractivity contribution < 1.29 is 9.47 Å². The highest BCUT2D eigenvalue weighted by atomic mass is 16.5. The molecule has 1 aromatic rings. The van der Waals surface area contributed by atoms with Gasteiger partial charge in [0.1, 0.15) is 11.5 Å². The van der Waals surface area contributed by atoms with Gasteiger partial charge in [-0.05, 0) is 36.5 Å². The van der Waals surface area contributed by atoms with E-state index in [0.29, 0.717) is 5.92 Å². The first kappa shape index (κ1) is 16.1. The zero-order chi connectivity index (χ0) is 15.1. The van der Waals surface area contributed by atoms with Crippen molar-refractivity contribution in [1.82, 2.24) is 5.43 Å². The average Bonchev–Trinajstić information content (AvgIpc) is 2.49. The molecule has 21 heavy (non-hydrogen) atoms. The summed E-state index contributed by atoms with van der Waals surface area (Å²) in [5, 5.41) is 0. The molecule has 0 aliphatic heterocycles. The van der Waals surface area contributed by atoms with Gasteiger partial charge < -0.3 is 9.47 Å². The van der Waals surface area contributed by atoms with Crippen molar-refractivity contribution in [3.8, 4) is 11.5 Å². The normalized spacial score (nSPS) is 18.6. The van der Waals surface area contributed by atoms with E-state index in [1.165, 1.54) is 44.9 Å². The van der Waals surface area contributed by atoms with Crippen LogP contribution in [0.1, 0.15) is 56.6 Å². The number of benzene rings is 1. The quantitative estimate of drug-likeness (QED) is 0.643. The van der Waals surface area contributed by atoms with E-state index >= 15 is 0 Å². The molecular weight excluding hydrogens is 264 g/mol. The van der Waals surface area contributed by atoms with Gasteiger partial charge in [0.05, 0.1) is 14.2 Å². The Bertz CT molecular complexity index is 407. The van der Waals surface area contributed by atoms with E-state index < -0.39 is 0 Å². The molecule has 0 bridgehead atoms. The first-order valence-corrected chi connectivity index (χ1v) is 7.97. The number of methoxy groups -OCH3 is 2. The third-order valence-electron chi connectivity index (χ3n) is 4.53. The number of nitrogens with two attached hydrogens (primary N) is 1. The van der Waals surface area contributed by atoms with Gasteiger partial charge in [-0.25, -0.2) is 0 Å². The monoisotopic (exact) mass is 292 g/mol. The molecule has 1 saturated carbocycles. The Balaban J connectivity index is 2.22. The molecule has 0 spiro atoms. The van der Waals surface area contributed by atoms with Gasteiger partial charge in [-0.1, -0.05) is 32.1 Å². The van der Waals surface area contributed by atoms with E-state index in [4.69, 9.17) is 15.3 Å². The second kappa shape index (κ2) is 8.25. The number of hydrogen-bond acceptors (Lipinski definition) is 4. The van der Waals surface area contributed by atoms with Gasteiger partial charge in [-0.15, -0.1) is 0 Å². The van der Waals surface area contributed by atoms with Crippen LogP contribution in [0.25, 0.3) is 0 Å². The topological polar surface area (TPSA) is 56.5 Å². The summed E-state index contributed by atoms with van der Waals surface area (Å²) in [4.78, 5) is 0. The Kier molecular flexibility index (Phi) is 6.33. The molecule has 1 aliphatic rings. The summed E-state index contributed by atoms with van der Waals surface area (Å²) in [6.07, 6.45) is 9.11. The van der Waals surface area contributed by atoms with E-state index in [1.54, 1.807) is 14.2 Å². The van der Waals surface area contributed by atoms with Crippen molar-refractivity contribution >= 4 is 0 Å². The van der Waals surface area contributed by atoms with Gasteiger partial charge in [0, 0.05) is 12.1 Å². The standard InChI is InChI=1S/C17H28N2O2/c1-20-15-10-14(11-16(12-15)21-2)17(19-18)13-8-6-4-3-5-7-9-13/h10-13,17,19H,3-9,18H2,1-2H3. The minimum atomic E-state index is 0.159. The summed E-state index contributed by atoms with van der Waals surface area (Å²) in [5.74, 6) is 8.08. The summed E-state index contributed by atoms with van der Waals surface area (Å²) < 4.78 is 10.8. The maximum atomic E-state index is 5.88. The molecule has 0 heterocycles. The molecule has 0 saturated heterocycles. The van der Waals surface area contributed by atoms with Crippen LogP contribution in [0.5, 0.6) is 11.5 Å². The van der Waals surface area contributed by atoms with Crippen molar-refractivity contribution in [3.63, 3.8) is 0 Å². The largest absolute Gasteiger partial charge is 0.497 e. The molecule has 4 heteroatoms. The molecule has 3 N–H and O–H groups in total. The van der Waals surface area contributed by atoms with E-state index in [0.717, 1.165) is 17.1 Å². The average molecular weight is 292 g/mol. The highest BCUT2D eigenvalue weighted by Crippen LogP contribution is 2.35. The molecule has 0 aromatic heterocycles. The number of ether oxygens (including phenoxy) is 2. The van der Waals surface area contributed by atoms with Gasteiger partial charge in [-0.3, -0.25) is 11.3 Å². The van der Waals surface area contributed by atoms with E-state index in [9.17, 15) is 0 Å². The Morgan fingerprint density at radius 2 is 1.48 bits per heavy atom. The maximum Gasteiger partial charge on any atom is 0.122 e. The molecule has 1 fully saturated rings. The molecule has 118 valence electrons. The lowest BCUT2D eigenvalue weighted by atomic mass is 9.83. The van der Waals surface area contributed by atoms with Gasteiger partial charge in [-0.2, -0.15) is 0 Å². The molecule has 1 aliphatic carbocycles. The SMILES string of the molecule is COc1cc(OC)cc(C(NN)C2CCCCCCC2)c1. The second-order valence-corrected chi connectivity index (χ2v) is 5.90. The van der Waals surface area contributed by atoms with Crippen LogP contribution >= 0.6 is 0 Å². The van der Waals surface area contributed by atoms with Gasteiger partial charge in [0.15, 0.2) is 0 Å². The Hall–Kier alpha value is -1.26. The number of rotatable bonds is 5. The molecule has 0 amide bonds. The van der Waals surface area contributed by atoms with Gasteiger partial charge in [0.2, 0.25) is 0 Å². The lowest BCUT2D eigenvalue weighted by molar-refractivity contribution is 0.289. The molecule has 0 radical (unpaired) electrons. The third-order valence-corrected chi connectivity index (χ3v) is 4.53. The minimum absolute atomic E-state index is 0.159. The summed E-state index contributed by atoms with van der Waals surface area (Å²) in [6.45, 7) is 0. The van der Waals surface area contributed by atoms with Crippen LogP contribution in [0.4, 0.5) is 0 Å². The highest BCUT2D eigenvalue weighted by Gasteiger charge is 2.23. The maximum absolute atomic E-state index is 5.88. The molecule has 1 aromatic carbocycles. The lowest BCUT2D eigenvalue weighted by Gasteiger charge is -2.29. The summed E-state index contributed by atoms with van der Waals surface area (Å²) in [6, 6.07) is 6.18. The third kappa shape index (κ3) is 4.35. The summed E-state index contributed by atoms with van der Waals surface area (Å²) in [5.41, 5.74) is 4.18. The van der Waals surface area contributed by atoms with Crippen molar-refractivity contribution in [2.45, 2.75) is 51.0 Å². The van der Waals surface area contributed by atoms with Crippen LogP contribution < -0.4 is 20.7 Å². The highest BCUT2D eigenvalue weighted by molar-refractivity contribution is 5.40. The Morgan fingerprint density at radius 1 is 0.952 bits per heavy atom. The van der Waals surface area contributed by atoms with Gasteiger partial charge in [0.25, 0.3) is 0 Å². The smallest absolute Gasteiger partial charge is 0.122 e. The lowest BCUT2D eigenvalue weighted by Crippen LogP contribution is -2.34. The Labute approximate surface area is 128 Å². The van der Waals surface area contributed by atoms with Gasteiger partial charge >= 0.3 is 0 Å². The van der Waals surface area contributed by atoms with Crippen LogP contribution in [0.15, 0.2) is 18.2 Å². The van der Waals surface area contributed by atoms with Crippen LogP contribution in [0.2, 0.25) is 0 Å². The van der Waals surface area contributed by atoms with Crippen LogP contribution in [0.3, 0.4) is 0 Å². The first-order chi connectivity index (χ1) is 10.3. The fraction of sp³-hybridized carbons (Fsp3) is 0.647.